The first-order chi connectivity index (χ1) is 10.0. The fraction of sp³-hybridized carbons (Fsp3) is 0.133. The minimum atomic E-state index is -0.134. The highest BCUT2D eigenvalue weighted by Crippen LogP contribution is 2.33. The third-order valence-electron chi connectivity index (χ3n) is 3.34. The Balaban J connectivity index is 2.32. The molecule has 0 aliphatic heterocycles. The van der Waals surface area contributed by atoms with E-state index in [9.17, 15) is 5.11 Å². The number of nitrogens with zero attached hydrogens (tertiary/aromatic N) is 2. The number of benzene rings is 1. The summed E-state index contributed by atoms with van der Waals surface area (Å²) in [6, 6.07) is 7.20. The van der Waals surface area contributed by atoms with Gasteiger partial charge in [-0.15, -0.1) is 0 Å². The second-order valence-electron chi connectivity index (χ2n) is 4.72. The number of hydrogen-bond acceptors (Lipinski definition) is 2. The van der Waals surface area contributed by atoms with Crippen molar-refractivity contribution >= 4 is 44.8 Å². The fourth-order valence-corrected chi connectivity index (χ4v) is 3.07. The van der Waals surface area contributed by atoms with Gasteiger partial charge in [0.2, 0.25) is 0 Å². The third kappa shape index (κ3) is 2.57. The molecule has 0 spiro atoms. The number of fused-ring (bicyclic) bond motifs is 1. The van der Waals surface area contributed by atoms with Crippen molar-refractivity contribution in [1.82, 2.24) is 9.38 Å². The minimum absolute atomic E-state index is 0.134. The highest BCUT2D eigenvalue weighted by atomic mass is 79.9. The van der Waals surface area contributed by atoms with Crippen LogP contribution in [0, 0.1) is 6.92 Å². The highest BCUT2D eigenvalue weighted by Gasteiger charge is 2.16. The zero-order chi connectivity index (χ0) is 15.1. The zero-order valence-corrected chi connectivity index (χ0v) is 14.2. The van der Waals surface area contributed by atoms with Gasteiger partial charge in [-0.05, 0) is 52.7 Å². The van der Waals surface area contributed by atoms with Crippen LogP contribution < -0.4 is 0 Å². The monoisotopic (exact) mass is 384 g/mol. The Bertz CT molecular complexity index is 845. The van der Waals surface area contributed by atoms with Crippen LogP contribution in [0.2, 0.25) is 10.0 Å². The van der Waals surface area contributed by atoms with Gasteiger partial charge in [-0.3, -0.25) is 4.40 Å². The molecule has 0 bridgehead atoms. The van der Waals surface area contributed by atoms with Crippen molar-refractivity contribution in [3.63, 3.8) is 0 Å². The molecule has 6 heteroatoms. The van der Waals surface area contributed by atoms with Crippen LogP contribution in [0.1, 0.15) is 11.3 Å². The molecule has 2 heterocycles. The molecular weight excluding hydrogens is 375 g/mol. The van der Waals surface area contributed by atoms with Crippen LogP contribution in [-0.2, 0) is 6.61 Å². The maximum atomic E-state index is 9.73. The van der Waals surface area contributed by atoms with Crippen molar-refractivity contribution in [2.45, 2.75) is 13.5 Å². The van der Waals surface area contributed by atoms with Gasteiger partial charge in [0, 0.05) is 21.3 Å². The first kappa shape index (κ1) is 14.9. The molecule has 0 fully saturated rings. The van der Waals surface area contributed by atoms with Crippen LogP contribution in [0.4, 0.5) is 0 Å². The van der Waals surface area contributed by atoms with Crippen LogP contribution in [0.3, 0.4) is 0 Å². The molecule has 0 unspecified atom stereocenters. The summed E-state index contributed by atoms with van der Waals surface area (Å²) in [5.74, 6) is 0. The maximum Gasteiger partial charge on any atom is 0.138 e. The Morgan fingerprint density at radius 2 is 2.05 bits per heavy atom. The summed E-state index contributed by atoms with van der Waals surface area (Å²) in [4.78, 5) is 4.60. The Morgan fingerprint density at radius 1 is 1.29 bits per heavy atom. The van der Waals surface area contributed by atoms with Crippen molar-refractivity contribution in [3.05, 3.63) is 56.2 Å². The quantitative estimate of drug-likeness (QED) is 0.683. The van der Waals surface area contributed by atoms with Crippen LogP contribution in [0.25, 0.3) is 16.9 Å². The lowest BCUT2D eigenvalue weighted by atomic mass is 10.1. The summed E-state index contributed by atoms with van der Waals surface area (Å²) in [6.07, 6.45) is 1.90. The maximum absolute atomic E-state index is 9.73. The van der Waals surface area contributed by atoms with Gasteiger partial charge in [0.25, 0.3) is 0 Å². The lowest BCUT2D eigenvalue weighted by molar-refractivity contribution is 0.276. The number of halogens is 3. The van der Waals surface area contributed by atoms with E-state index in [0.717, 1.165) is 21.2 Å². The molecule has 0 aliphatic rings. The molecule has 0 saturated carbocycles. The lowest BCUT2D eigenvalue weighted by Gasteiger charge is -2.05. The number of pyridine rings is 1. The van der Waals surface area contributed by atoms with Gasteiger partial charge in [0.15, 0.2) is 0 Å². The van der Waals surface area contributed by atoms with E-state index >= 15 is 0 Å². The normalized spacial score (nSPS) is 11.3. The van der Waals surface area contributed by atoms with E-state index in [1.54, 1.807) is 12.1 Å². The van der Waals surface area contributed by atoms with E-state index in [-0.39, 0.29) is 6.61 Å². The number of aliphatic hydroxyl groups excluding tert-OH is 1. The molecule has 3 aromatic rings. The van der Waals surface area contributed by atoms with Crippen molar-refractivity contribution in [2.24, 2.45) is 0 Å². The minimum Gasteiger partial charge on any atom is -0.390 e. The van der Waals surface area contributed by atoms with Crippen molar-refractivity contribution in [2.75, 3.05) is 0 Å². The predicted octanol–water partition coefficient (Wildman–Crippen LogP) is 4.87. The van der Waals surface area contributed by atoms with Crippen molar-refractivity contribution in [3.8, 4) is 11.3 Å². The summed E-state index contributed by atoms with van der Waals surface area (Å²) in [5.41, 5.74) is 3.95. The van der Waals surface area contributed by atoms with Gasteiger partial charge in [-0.1, -0.05) is 23.2 Å². The van der Waals surface area contributed by atoms with Gasteiger partial charge >= 0.3 is 0 Å². The Kier molecular flexibility index (Phi) is 3.97. The van der Waals surface area contributed by atoms with Crippen LogP contribution >= 0.6 is 39.1 Å². The predicted molar refractivity (Wildman–Crippen MR) is 89.0 cm³/mol. The van der Waals surface area contributed by atoms with Crippen LogP contribution in [0.5, 0.6) is 0 Å². The fourth-order valence-electron chi connectivity index (χ4n) is 2.26. The van der Waals surface area contributed by atoms with Crippen molar-refractivity contribution in [1.29, 1.82) is 0 Å². The number of aryl methyl sites for hydroxylation is 1. The van der Waals surface area contributed by atoms with Crippen molar-refractivity contribution < 1.29 is 5.11 Å². The lowest BCUT2D eigenvalue weighted by Crippen LogP contribution is -1.95. The standard InChI is InChI=1S/C15H11BrCl2N2O/c1-8-4-14-19-15(10-3-2-9(17)5-12(10)18)13(7-21)20(14)6-11(8)16/h2-6,21H,7H2,1H3. The Hall–Kier alpha value is -1.07. The summed E-state index contributed by atoms with van der Waals surface area (Å²) < 4.78 is 2.81. The van der Waals surface area contributed by atoms with E-state index in [1.807, 2.05) is 29.7 Å². The first-order valence-electron chi connectivity index (χ1n) is 6.24. The first-order valence-corrected chi connectivity index (χ1v) is 7.79. The van der Waals surface area contributed by atoms with Crippen LogP contribution in [-0.4, -0.2) is 14.5 Å². The van der Waals surface area contributed by atoms with Gasteiger partial charge < -0.3 is 5.11 Å². The molecule has 1 aromatic carbocycles. The molecule has 2 aromatic heterocycles. The Morgan fingerprint density at radius 3 is 2.71 bits per heavy atom. The molecule has 0 saturated heterocycles. The van der Waals surface area contributed by atoms with E-state index in [0.29, 0.717) is 21.4 Å². The average Bonchev–Trinajstić information content (AvgIpc) is 2.76. The van der Waals surface area contributed by atoms with E-state index in [1.165, 1.54) is 0 Å². The average molecular weight is 386 g/mol. The Labute approximate surface area is 140 Å². The number of imidazole rings is 1. The molecule has 108 valence electrons. The number of rotatable bonds is 2. The summed E-state index contributed by atoms with van der Waals surface area (Å²) in [7, 11) is 0. The summed E-state index contributed by atoms with van der Waals surface area (Å²) in [5, 5.41) is 10.8. The largest absolute Gasteiger partial charge is 0.390 e. The summed E-state index contributed by atoms with van der Waals surface area (Å²) in [6.45, 7) is 1.86. The van der Waals surface area contributed by atoms with Gasteiger partial charge in [0.1, 0.15) is 5.65 Å². The zero-order valence-electron chi connectivity index (χ0n) is 11.1. The van der Waals surface area contributed by atoms with Gasteiger partial charge in [-0.25, -0.2) is 4.98 Å². The number of hydrogen-bond donors (Lipinski definition) is 1. The van der Waals surface area contributed by atoms with Crippen LogP contribution in [0.15, 0.2) is 34.9 Å². The molecule has 0 radical (unpaired) electrons. The molecule has 3 nitrogen and oxygen atoms in total. The molecule has 0 atom stereocenters. The number of aliphatic hydroxyl groups is 1. The van der Waals surface area contributed by atoms with Gasteiger partial charge in [-0.2, -0.15) is 0 Å². The topological polar surface area (TPSA) is 37.5 Å². The number of aromatic nitrogens is 2. The van der Waals surface area contributed by atoms with E-state index < -0.39 is 0 Å². The second kappa shape index (κ2) is 5.61. The van der Waals surface area contributed by atoms with Gasteiger partial charge in [0.05, 0.1) is 23.0 Å². The van der Waals surface area contributed by atoms with E-state index in [2.05, 4.69) is 20.9 Å². The van der Waals surface area contributed by atoms with E-state index in [4.69, 9.17) is 23.2 Å². The second-order valence-corrected chi connectivity index (χ2v) is 6.42. The summed E-state index contributed by atoms with van der Waals surface area (Å²) >= 11 is 15.7. The molecule has 1 N–H and O–H groups in total. The highest BCUT2D eigenvalue weighted by molar-refractivity contribution is 9.10. The third-order valence-corrected chi connectivity index (χ3v) is 4.72. The molecule has 0 amide bonds. The smallest absolute Gasteiger partial charge is 0.138 e. The molecule has 21 heavy (non-hydrogen) atoms. The molecule has 0 aliphatic carbocycles. The molecular formula is C15H11BrCl2N2O. The molecule has 3 rings (SSSR count). The SMILES string of the molecule is Cc1cc2nc(-c3ccc(Cl)cc3Cl)c(CO)n2cc1Br.